The highest BCUT2D eigenvalue weighted by molar-refractivity contribution is 7.90. The predicted octanol–water partition coefficient (Wildman–Crippen LogP) is 1.73. The molecule has 3 aromatic rings. The second-order valence-electron chi connectivity index (χ2n) is 4.53. The Labute approximate surface area is 122 Å². The zero-order valence-electron chi connectivity index (χ0n) is 11.2. The Kier molecular flexibility index (Phi) is 3.26. The number of nitrogens with zero attached hydrogens (tertiary/aromatic N) is 4. The van der Waals surface area contributed by atoms with Crippen molar-refractivity contribution < 1.29 is 8.42 Å². The molecule has 0 saturated heterocycles. The van der Waals surface area contributed by atoms with Gasteiger partial charge in [0.15, 0.2) is 9.84 Å². The summed E-state index contributed by atoms with van der Waals surface area (Å²) in [6.07, 6.45) is 9.58. The first-order valence-electron chi connectivity index (χ1n) is 6.15. The molecule has 0 fully saturated rings. The molecule has 0 aliphatic heterocycles. The van der Waals surface area contributed by atoms with E-state index in [1.54, 1.807) is 53.7 Å². The largest absolute Gasteiger partial charge is 0.261 e. The number of benzene rings is 1. The fourth-order valence-corrected chi connectivity index (χ4v) is 2.52. The van der Waals surface area contributed by atoms with Gasteiger partial charge in [0.2, 0.25) is 0 Å². The van der Waals surface area contributed by atoms with E-state index in [2.05, 4.69) is 15.1 Å². The minimum atomic E-state index is -3.19. The lowest BCUT2D eigenvalue weighted by Gasteiger charge is -2.02. The van der Waals surface area contributed by atoms with Crippen LogP contribution >= 0.6 is 0 Å². The normalized spacial score (nSPS) is 11.5. The van der Waals surface area contributed by atoms with E-state index in [0.29, 0.717) is 0 Å². The second kappa shape index (κ2) is 5.10. The van der Waals surface area contributed by atoms with Gasteiger partial charge in [-0.15, -0.1) is 0 Å². The predicted molar refractivity (Wildman–Crippen MR) is 77.7 cm³/mol. The van der Waals surface area contributed by atoms with E-state index in [9.17, 15) is 8.42 Å². The van der Waals surface area contributed by atoms with Gasteiger partial charge in [-0.2, -0.15) is 5.10 Å². The summed E-state index contributed by atoms with van der Waals surface area (Å²) in [6.45, 7) is 0. The van der Waals surface area contributed by atoms with Gasteiger partial charge in [0, 0.05) is 30.4 Å². The molecule has 2 heterocycles. The van der Waals surface area contributed by atoms with Crippen LogP contribution in [-0.4, -0.2) is 34.4 Å². The first-order valence-corrected chi connectivity index (χ1v) is 8.05. The Morgan fingerprint density at radius 3 is 2.43 bits per heavy atom. The SMILES string of the molecule is CS(=O)(=O)c1ccc(-n2cc(-c3cnccn3)cn2)cc1. The third-order valence-corrected chi connectivity index (χ3v) is 4.10. The van der Waals surface area contributed by atoms with Crippen LogP contribution in [0.15, 0.2) is 60.1 Å². The Bertz CT molecular complexity index is 856. The van der Waals surface area contributed by atoms with Crippen molar-refractivity contribution >= 4 is 9.84 Å². The van der Waals surface area contributed by atoms with E-state index in [4.69, 9.17) is 0 Å². The molecule has 0 bridgehead atoms. The van der Waals surface area contributed by atoms with Crippen molar-refractivity contribution in [2.75, 3.05) is 6.26 Å². The lowest BCUT2D eigenvalue weighted by molar-refractivity contribution is 0.602. The van der Waals surface area contributed by atoms with Gasteiger partial charge in [-0.25, -0.2) is 13.1 Å². The molecule has 0 atom stereocenters. The molecule has 0 aliphatic rings. The van der Waals surface area contributed by atoms with E-state index < -0.39 is 9.84 Å². The molecule has 0 N–H and O–H groups in total. The van der Waals surface area contributed by atoms with Crippen LogP contribution in [-0.2, 0) is 9.84 Å². The lowest BCUT2D eigenvalue weighted by atomic mass is 10.3. The molecule has 0 radical (unpaired) electrons. The highest BCUT2D eigenvalue weighted by Gasteiger charge is 2.08. The smallest absolute Gasteiger partial charge is 0.175 e. The third-order valence-electron chi connectivity index (χ3n) is 2.97. The Balaban J connectivity index is 1.94. The van der Waals surface area contributed by atoms with Crippen molar-refractivity contribution in [1.29, 1.82) is 0 Å². The van der Waals surface area contributed by atoms with Gasteiger partial charge >= 0.3 is 0 Å². The van der Waals surface area contributed by atoms with E-state index >= 15 is 0 Å². The van der Waals surface area contributed by atoms with Crippen LogP contribution in [0.25, 0.3) is 16.9 Å². The fourth-order valence-electron chi connectivity index (χ4n) is 1.89. The molecule has 0 spiro atoms. The molecule has 7 heteroatoms. The van der Waals surface area contributed by atoms with E-state index in [-0.39, 0.29) is 4.90 Å². The van der Waals surface area contributed by atoms with E-state index in [1.165, 1.54) is 6.26 Å². The van der Waals surface area contributed by atoms with Gasteiger partial charge in [0.1, 0.15) is 0 Å². The van der Waals surface area contributed by atoms with E-state index in [0.717, 1.165) is 16.9 Å². The number of sulfone groups is 1. The summed E-state index contributed by atoms with van der Waals surface area (Å²) in [7, 11) is -3.19. The van der Waals surface area contributed by atoms with Crippen molar-refractivity contribution in [3.8, 4) is 16.9 Å². The topological polar surface area (TPSA) is 77.7 Å². The molecule has 21 heavy (non-hydrogen) atoms. The van der Waals surface area contributed by atoms with Gasteiger partial charge in [0.05, 0.1) is 28.7 Å². The third kappa shape index (κ3) is 2.82. The van der Waals surface area contributed by atoms with Gasteiger partial charge < -0.3 is 0 Å². The molecular formula is C14H12N4O2S. The van der Waals surface area contributed by atoms with Crippen LogP contribution in [0.4, 0.5) is 0 Å². The molecule has 0 amide bonds. The van der Waals surface area contributed by atoms with Crippen LogP contribution in [0.3, 0.4) is 0 Å². The van der Waals surface area contributed by atoms with Crippen LogP contribution in [0.1, 0.15) is 0 Å². The van der Waals surface area contributed by atoms with Crippen LogP contribution < -0.4 is 0 Å². The van der Waals surface area contributed by atoms with Gasteiger partial charge in [-0.05, 0) is 24.3 Å². The first-order chi connectivity index (χ1) is 10.0. The highest BCUT2D eigenvalue weighted by atomic mass is 32.2. The Morgan fingerprint density at radius 1 is 1.05 bits per heavy atom. The maximum atomic E-state index is 11.4. The number of rotatable bonds is 3. The summed E-state index contributed by atoms with van der Waals surface area (Å²) in [4.78, 5) is 8.51. The average Bonchev–Trinajstić information content (AvgIpc) is 2.97. The zero-order valence-corrected chi connectivity index (χ0v) is 12.0. The lowest BCUT2D eigenvalue weighted by Crippen LogP contribution is -1.99. The Hall–Kier alpha value is -2.54. The zero-order chi connectivity index (χ0) is 14.9. The van der Waals surface area contributed by atoms with Gasteiger partial charge in [-0.3, -0.25) is 9.97 Å². The molecule has 0 saturated carbocycles. The van der Waals surface area contributed by atoms with Crippen molar-refractivity contribution in [2.24, 2.45) is 0 Å². The van der Waals surface area contributed by atoms with Crippen molar-refractivity contribution in [3.05, 3.63) is 55.2 Å². The minimum absolute atomic E-state index is 0.285. The summed E-state index contributed by atoms with van der Waals surface area (Å²) < 4.78 is 24.5. The molecule has 6 nitrogen and oxygen atoms in total. The highest BCUT2D eigenvalue weighted by Crippen LogP contribution is 2.18. The van der Waals surface area contributed by atoms with Crippen molar-refractivity contribution in [3.63, 3.8) is 0 Å². The summed E-state index contributed by atoms with van der Waals surface area (Å²) in [5.74, 6) is 0. The standard InChI is InChI=1S/C14H12N4O2S/c1-21(19,20)13-4-2-12(3-5-13)18-10-11(8-17-18)14-9-15-6-7-16-14/h2-10H,1H3. The fraction of sp³-hybridized carbons (Fsp3) is 0.0714. The van der Waals surface area contributed by atoms with Gasteiger partial charge in [0.25, 0.3) is 0 Å². The quantitative estimate of drug-likeness (QED) is 0.736. The van der Waals surface area contributed by atoms with Crippen LogP contribution in [0.2, 0.25) is 0 Å². The average molecular weight is 300 g/mol. The second-order valence-corrected chi connectivity index (χ2v) is 6.55. The van der Waals surface area contributed by atoms with Crippen molar-refractivity contribution in [1.82, 2.24) is 19.7 Å². The molecule has 1 aromatic carbocycles. The molecular weight excluding hydrogens is 288 g/mol. The summed E-state index contributed by atoms with van der Waals surface area (Å²) in [5, 5.41) is 4.25. The number of hydrogen-bond acceptors (Lipinski definition) is 5. The van der Waals surface area contributed by atoms with Crippen LogP contribution in [0.5, 0.6) is 0 Å². The van der Waals surface area contributed by atoms with Crippen LogP contribution in [0, 0.1) is 0 Å². The number of hydrogen-bond donors (Lipinski definition) is 0. The molecule has 3 rings (SSSR count). The maximum absolute atomic E-state index is 11.4. The molecule has 0 aliphatic carbocycles. The monoisotopic (exact) mass is 300 g/mol. The molecule has 0 unspecified atom stereocenters. The van der Waals surface area contributed by atoms with Gasteiger partial charge in [-0.1, -0.05) is 0 Å². The summed E-state index contributed by atoms with van der Waals surface area (Å²) in [6, 6.07) is 6.55. The van der Waals surface area contributed by atoms with E-state index in [1.807, 2.05) is 6.20 Å². The minimum Gasteiger partial charge on any atom is -0.261 e. The number of aromatic nitrogens is 4. The van der Waals surface area contributed by atoms with Crippen molar-refractivity contribution in [2.45, 2.75) is 4.90 Å². The molecule has 2 aromatic heterocycles. The maximum Gasteiger partial charge on any atom is 0.175 e. The molecule has 106 valence electrons. The first kappa shape index (κ1) is 13.4. The Morgan fingerprint density at radius 2 is 1.81 bits per heavy atom. The summed E-state index contributed by atoms with van der Waals surface area (Å²) >= 11 is 0. The summed E-state index contributed by atoms with van der Waals surface area (Å²) in [5.41, 5.74) is 2.35.